The van der Waals surface area contributed by atoms with Crippen molar-refractivity contribution in [3.8, 4) is 0 Å². The fraction of sp³-hybridized carbons (Fsp3) is 0.828. The first kappa shape index (κ1) is 30.7. The van der Waals surface area contributed by atoms with E-state index >= 15 is 0 Å². The Bertz CT molecular complexity index is 1330. The lowest BCUT2D eigenvalue weighted by Gasteiger charge is -2.59. The maximum atomic E-state index is 14.0. The molecule has 44 heavy (non-hydrogen) atoms. The standard InChI is InChI=1S/C29H37NO14/c1-12(31)40-17-7-8-26-16-9-28(43-14(3)33)18(39-6)10-29(44-15(4)34,19(16)24(28)41-13(2)32)20(23(26)30(36)37)21-22(26)27(17,11-38-5)25(35)42-21/h16-24H,7-11H2,1-6H3/t16-,17-,18+,19-,20-,21+,22+,23?,24-,26-,27-,28-,29-/m1/s1. The van der Waals surface area contributed by atoms with Crippen LogP contribution in [0.15, 0.2) is 0 Å². The predicted octanol–water partition coefficient (Wildman–Crippen LogP) is 0.752. The molecular weight excluding hydrogens is 586 g/mol. The highest BCUT2D eigenvalue weighted by atomic mass is 16.6. The number of ether oxygens (including phenoxy) is 7. The van der Waals surface area contributed by atoms with Gasteiger partial charge in [-0.3, -0.25) is 34.1 Å². The van der Waals surface area contributed by atoms with Crippen molar-refractivity contribution in [1.29, 1.82) is 0 Å². The first-order chi connectivity index (χ1) is 20.7. The number of carbonyl (C=O) groups excluding carboxylic acids is 5. The molecule has 1 unspecified atom stereocenters. The third-order valence-electron chi connectivity index (χ3n) is 11.6. The van der Waals surface area contributed by atoms with Gasteiger partial charge in [0.1, 0.15) is 35.2 Å². The molecule has 6 fully saturated rings. The second kappa shape index (κ2) is 9.83. The van der Waals surface area contributed by atoms with Gasteiger partial charge in [-0.15, -0.1) is 0 Å². The molecule has 4 bridgehead atoms. The minimum Gasteiger partial charge on any atom is -0.461 e. The van der Waals surface area contributed by atoms with Gasteiger partial charge in [0.2, 0.25) is 6.04 Å². The van der Waals surface area contributed by atoms with Crippen LogP contribution in [-0.2, 0) is 57.1 Å². The molecular formula is C29H37NO14. The number of rotatable bonds is 8. The van der Waals surface area contributed by atoms with Crippen molar-refractivity contribution in [2.75, 3.05) is 20.8 Å². The Morgan fingerprint density at radius 1 is 0.909 bits per heavy atom. The monoisotopic (exact) mass is 623 g/mol. The smallest absolute Gasteiger partial charge is 0.319 e. The highest BCUT2D eigenvalue weighted by Crippen LogP contribution is 2.80. The third-order valence-corrected chi connectivity index (χ3v) is 11.6. The molecule has 6 aliphatic rings. The molecule has 0 radical (unpaired) electrons. The van der Waals surface area contributed by atoms with E-state index in [1.807, 2.05) is 0 Å². The molecule has 0 spiro atoms. The van der Waals surface area contributed by atoms with E-state index in [0.29, 0.717) is 0 Å². The van der Waals surface area contributed by atoms with Gasteiger partial charge in [0.25, 0.3) is 0 Å². The Kier molecular flexibility index (Phi) is 6.86. The van der Waals surface area contributed by atoms with Crippen molar-refractivity contribution in [3.05, 3.63) is 10.1 Å². The van der Waals surface area contributed by atoms with Crippen LogP contribution in [0.1, 0.15) is 53.4 Å². The molecule has 0 amide bonds. The van der Waals surface area contributed by atoms with Crippen LogP contribution >= 0.6 is 0 Å². The lowest BCUT2D eigenvalue weighted by molar-refractivity contribution is -0.566. The van der Waals surface area contributed by atoms with Crippen molar-refractivity contribution in [2.24, 2.45) is 34.5 Å². The van der Waals surface area contributed by atoms with E-state index in [9.17, 15) is 34.1 Å². The van der Waals surface area contributed by atoms with Gasteiger partial charge in [0.15, 0.2) is 11.7 Å². The quantitative estimate of drug-likeness (QED) is 0.159. The van der Waals surface area contributed by atoms with Gasteiger partial charge in [0.05, 0.1) is 6.61 Å². The zero-order valence-electron chi connectivity index (χ0n) is 25.4. The van der Waals surface area contributed by atoms with Gasteiger partial charge in [-0.2, -0.15) is 0 Å². The molecule has 5 aliphatic carbocycles. The lowest BCUT2D eigenvalue weighted by Crippen LogP contribution is -2.73. The predicted molar refractivity (Wildman–Crippen MR) is 141 cm³/mol. The van der Waals surface area contributed by atoms with E-state index in [-0.39, 0.29) is 32.3 Å². The summed E-state index contributed by atoms with van der Waals surface area (Å²) in [7, 11) is 2.75. The molecule has 15 nitrogen and oxygen atoms in total. The van der Waals surface area contributed by atoms with Crippen LogP contribution < -0.4 is 0 Å². The summed E-state index contributed by atoms with van der Waals surface area (Å²) in [6.45, 7) is 4.55. The topological polar surface area (TPSA) is 193 Å². The minimum atomic E-state index is -1.72. The zero-order valence-corrected chi connectivity index (χ0v) is 25.4. The molecule has 15 heteroatoms. The number of fused-ring (bicyclic) bond motifs is 2. The first-order valence-electron chi connectivity index (χ1n) is 14.8. The number of carbonyl (C=O) groups is 5. The highest BCUT2D eigenvalue weighted by Gasteiger charge is 2.93. The highest BCUT2D eigenvalue weighted by molar-refractivity contribution is 5.83. The average molecular weight is 624 g/mol. The van der Waals surface area contributed by atoms with Crippen LogP contribution in [0.25, 0.3) is 0 Å². The second-order valence-corrected chi connectivity index (χ2v) is 13.2. The fourth-order valence-corrected chi connectivity index (χ4v) is 11.1. The molecule has 1 aliphatic heterocycles. The van der Waals surface area contributed by atoms with Crippen molar-refractivity contribution in [1.82, 2.24) is 0 Å². The number of methoxy groups -OCH3 is 2. The van der Waals surface area contributed by atoms with E-state index in [1.165, 1.54) is 41.9 Å². The molecule has 242 valence electrons. The van der Waals surface area contributed by atoms with Gasteiger partial charge in [-0.1, -0.05) is 0 Å². The molecule has 0 aromatic heterocycles. The van der Waals surface area contributed by atoms with Gasteiger partial charge in [0, 0.05) is 70.5 Å². The van der Waals surface area contributed by atoms with E-state index in [0.717, 1.165) is 0 Å². The lowest BCUT2D eigenvalue weighted by atomic mass is 9.46. The molecule has 13 atom stereocenters. The Morgan fingerprint density at radius 3 is 2.09 bits per heavy atom. The van der Waals surface area contributed by atoms with Gasteiger partial charge in [-0.05, 0) is 25.2 Å². The van der Waals surface area contributed by atoms with E-state index in [1.54, 1.807) is 0 Å². The fourth-order valence-electron chi connectivity index (χ4n) is 11.1. The van der Waals surface area contributed by atoms with Crippen LogP contribution in [0.2, 0.25) is 0 Å². The van der Waals surface area contributed by atoms with Crippen molar-refractivity contribution in [3.63, 3.8) is 0 Å². The molecule has 1 heterocycles. The maximum Gasteiger partial charge on any atom is 0.319 e. The molecule has 1 saturated heterocycles. The van der Waals surface area contributed by atoms with Crippen molar-refractivity contribution >= 4 is 29.8 Å². The summed E-state index contributed by atoms with van der Waals surface area (Å²) in [4.78, 5) is 77.4. The van der Waals surface area contributed by atoms with Crippen molar-refractivity contribution < 1.29 is 62.1 Å². The number of nitro groups is 1. The van der Waals surface area contributed by atoms with Gasteiger partial charge < -0.3 is 33.2 Å². The van der Waals surface area contributed by atoms with Crippen LogP contribution in [0, 0.1) is 44.6 Å². The number of nitrogens with zero attached hydrogens (tertiary/aromatic N) is 1. The summed E-state index contributed by atoms with van der Waals surface area (Å²) in [5.41, 5.74) is -6.21. The van der Waals surface area contributed by atoms with Crippen molar-refractivity contribution in [2.45, 2.75) is 95.0 Å². The van der Waals surface area contributed by atoms with Crippen LogP contribution in [0.3, 0.4) is 0 Å². The molecule has 6 rings (SSSR count). The van der Waals surface area contributed by atoms with Gasteiger partial charge in [-0.25, -0.2) is 0 Å². The zero-order chi connectivity index (χ0) is 32.1. The molecule has 0 aromatic rings. The normalized spacial score (nSPS) is 47.2. The average Bonchev–Trinajstić information content (AvgIpc) is 3.46. The van der Waals surface area contributed by atoms with E-state index < -0.39 is 111 Å². The Morgan fingerprint density at radius 2 is 1.55 bits per heavy atom. The Hall–Kier alpha value is -3.33. The molecule has 0 aromatic carbocycles. The maximum absolute atomic E-state index is 14.0. The SMILES string of the molecule is COC[C@]12C(=O)O[C@@H]3[C@H]1[C@]1(CC[C@H]2OC(C)=O)C([N+](=O)[O-])[C@@H]3[C@@]2(OC(C)=O)C[C@H](OC)[C@]3(OC(C)=O)C[C@@H]1[C@@H]2[C@H]3OC(C)=O. The van der Waals surface area contributed by atoms with Crippen LogP contribution in [-0.4, -0.2) is 97.3 Å². The molecule has 0 N–H and O–H groups in total. The number of hydrogen-bond acceptors (Lipinski definition) is 14. The summed E-state index contributed by atoms with van der Waals surface area (Å²) in [5.74, 6) is -7.23. The number of esters is 5. The Labute approximate surface area is 252 Å². The van der Waals surface area contributed by atoms with E-state index in [4.69, 9.17) is 33.2 Å². The van der Waals surface area contributed by atoms with Crippen LogP contribution in [0.5, 0.6) is 0 Å². The number of hydrogen-bond donors (Lipinski definition) is 0. The third kappa shape index (κ3) is 3.53. The first-order valence-corrected chi connectivity index (χ1v) is 14.8. The second-order valence-electron chi connectivity index (χ2n) is 13.2. The Balaban J connectivity index is 1.67. The summed E-state index contributed by atoms with van der Waals surface area (Å²) in [6.07, 6.45) is -4.30. The minimum absolute atomic E-state index is 0.0352. The largest absolute Gasteiger partial charge is 0.461 e. The summed E-state index contributed by atoms with van der Waals surface area (Å²) in [5, 5.41) is 13.3. The van der Waals surface area contributed by atoms with Gasteiger partial charge >= 0.3 is 29.8 Å². The molecule has 5 saturated carbocycles. The summed E-state index contributed by atoms with van der Waals surface area (Å²) >= 11 is 0. The summed E-state index contributed by atoms with van der Waals surface area (Å²) < 4.78 is 41.4. The summed E-state index contributed by atoms with van der Waals surface area (Å²) in [6, 6.07) is -1.39. The van der Waals surface area contributed by atoms with Crippen LogP contribution in [0.4, 0.5) is 0 Å². The van der Waals surface area contributed by atoms with E-state index in [2.05, 4.69) is 0 Å².